The van der Waals surface area contributed by atoms with Crippen LogP contribution in [0.4, 0.5) is 25.0 Å². The van der Waals surface area contributed by atoms with Crippen molar-refractivity contribution in [1.29, 1.82) is 0 Å². The van der Waals surface area contributed by atoms with Crippen molar-refractivity contribution in [1.82, 2.24) is 14.9 Å². The highest BCUT2D eigenvalue weighted by atomic mass is 35.5. The minimum Gasteiger partial charge on any atom is -0.485 e. The summed E-state index contributed by atoms with van der Waals surface area (Å²) in [7, 11) is 0. The van der Waals surface area contributed by atoms with Gasteiger partial charge >= 0.3 is 24.4 Å². The van der Waals surface area contributed by atoms with Crippen LogP contribution in [0, 0.1) is 0 Å². The van der Waals surface area contributed by atoms with Crippen LogP contribution in [0.1, 0.15) is 61.3 Å². The van der Waals surface area contributed by atoms with Gasteiger partial charge in [0.05, 0.1) is 13.2 Å². The lowest BCUT2D eigenvalue weighted by molar-refractivity contribution is 0.0427. The van der Waals surface area contributed by atoms with Crippen molar-refractivity contribution in [3.63, 3.8) is 0 Å². The summed E-state index contributed by atoms with van der Waals surface area (Å²) in [6, 6.07) is 0. The average molecular weight is 533 g/mol. The van der Waals surface area contributed by atoms with Gasteiger partial charge in [-0.15, -0.1) is 0 Å². The first-order valence-corrected chi connectivity index (χ1v) is 11.5. The van der Waals surface area contributed by atoms with Crippen LogP contribution in [0.15, 0.2) is 6.33 Å². The van der Waals surface area contributed by atoms with Gasteiger partial charge in [-0.1, -0.05) is 24.9 Å². The van der Waals surface area contributed by atoms with Crippen molar-refractivity contribution in [2.75, 3.05) is 24.7 Å². The van der Waals surface area contributed by atoms with E-state index in [9.17, 15) is 24.3 Å². The Morgan fingerprint density at radius 2 is 1.50 bits per heavy atom. The molecule has 0 aliphatic carbocycles. The van der Waals surface area contributed by atoms with Crippen molar-refractivity contribution in [2.24, 2.45) is 0 Å². The van der Waals surface area contributed by atoms with Crippen molar-refractivity contribution in [3.8, 4) is 5.75 Å². The number of amides is 4. The summed E-state index contributed by atoms with van der Waals surface area (Å²) >= 11 is 6.15. The molecule has 1 rings (SSSR count). The van der Waals surface area contributed by atoms with Crippen molar-refractivity contribution < 1.29 is 43.2 Å². The first-order valence-electron chi connectivity index (χ1n) is 11.1. The summed E-state index contributed by atoms with van der Waals surface area (Å²) in [5, 5.41) is 9.06. The van der Waals surface area contributed by atoms with Gasteiger partial charge in [0.1, 0.15) is 24.1 Å². The van der Waals surface area contributed by atoms with E-state index in [0.717, 1.165) is 12.7 Å². The number of unbranched alkanes of at least 4 members (excludes halogenated alkanes) is 1. The Labute approximate surface area is 214 Å². The van der Waals surface area contributed by atoms with E-state index in [-0.39, 0.29) is 17.5 Å². The summed E-state index contributed by atoms with van der Waals surface area (Å²) in [5.74, 6) is -0.730. The molecule has 0 aromatic carbocycles. The van der Waals surface area contributed by atoms with Gasteiger partial charge in [-0.3, -0.25) is 0 Å². The monoisotopic (exact) mass is 532 g/mol. The van der Waals surface area contributed by atoms with Crippen molar-refractivity contribution in [3.05, 3.63) is 11.5 Å². The molecular weight excluding hydrogens is 500 g/mol. The molecule has 13 nitrogen and oxygen atoms in total. The molecule has 0 aliphatic rings. The van der Waals surface area contributed by atoms with E-state index in [1.165, 1.54) is 0 Å². The van der Waals surface area contributed by atoms with E-state index in [2.05, 4.69) is 9.97 Å². The quantitative estimate of drug-likeness (QED) is 0.269. The summed E-state index contributed by atoms with van der Waals surface area (Å²) in [6.45, 7) is 10.7. The first-order chi connectivity index (χ1) is 16.6. The van der Waals surface area contributed by atoms with E-state index >= 15 is 0 Å². The number of carbonyl (C=O) groups is 4. The number of hydrogen-bond donors (Lipinski definition) is 1. The third kappa shape index (κ3) is 10.1. The summed E-state index contributed by atoms with van der Waals surface area (Å²) in [6.07, 6.45) is -2.56. The summed E-state index contributed by atoms with van der Waals surface area (Å²) in [4.78, 5) is 58.1. The molecule has 0 spiro atoms. The van der Waals surface area contributed by atoms with Gasteiger partial charge in [0.25, 0.3) is 0 Å². The molecule has 14 heteroatoms. The predicted octanol–water partition coefficient (Wildman–Crippen LogP) is 5.10. The molecule has 1 aromatic rings. The zero-order chi connectivity index (χ0) is 27.7. The first kappa shape index (κ1) is 30.7. The molecule has 1 aromatic heterocycles. The number of aromatic nitrogens is 2. The van der Waals surface area contributed by atoms with Crippen molar-refractivity contribution >= 4 is 41.8 Å². The fourth-order valence-corrected chi connectivity index (χ4v) is 2.56. The molecule has 202 valence electrons. The van der Waals surface area contributed by atoms with E-state index < -0.39 is 54.5 Å². The lowest BCUT2D eigenvalue weighted by atomic mass is 10.2. The van der Waals surface area contributed by atoms with Crippen LogP contribution in [0.25, 0.3) is 0 Å². The van der Waals surface area contributed by atoms with Gasteiger partial charge in [-0.2, -0.15) is 4.90 Å². The van der Waals surface area contributed by atoms with Gasteiger partial charge in [0, 0.05) is 0 Å². The Morgan fingerprint density at radius 1 is 0.944 bits per heavy atom. The lowest BCUT2D eigenvalue weighted by Crippen LogP contribution is -2.44. The molecule has 0 bridgehead atoms. The van der Waals surface area contributed by atoms with Crippen LogP contribution in [0.2, 0.25) is 5.15 Å². The molecule has 0 radical (unpaired) electrons. The van der Waals surface area contributed by atoms with E-state index in [0.29, 0.717) is 16.2 Å². The Kier molecular flexibility index (Phi) is 11.2. The highest BCUT2D eigenvalue weighted by Crippen LogP contribution is 2.34. The molecule has 36 heavy (non-hydrogen) atoms. The normalized spacial score (nSPS) is 11.3. The Balaban J connectivity index is 3.23. The van der Waals surface area contributed by atoms with Gasteiger partial charge in [-0.25, -0.2) is 34.0 Å². The van der Waals surface area contributed by atoms with Gasteiger partial charge in [0.2, 0.25) is 5.75 Å². The molecular formula is C22H33ClN4O9. The smallest absolute Gasteiger partial charge is 0.425 e. The molecule has 0 fully saturated rings. The number of rotatable bonds is 8. The lowest BCUT2D eigenvalue weighted by Gasteiger charge is -2.28. The molecule has 0 unspecified atom stereocenters. The number of nitrogens with zero attached hydrogens (tertiary/aromatic N) is 4. The zero-order valence-corrected chi connectivity index (χ0v) is 22.2. The summed E-state index contributed by atoms with van der Waals surface area (Å²) < 4.78 is 21.1. The highest BCUT2D eigenvalue weighted by molar-refractivity contribution is 6.31. The second kappa shape index (κ2) is 13.1. The Morgan fingerprint density at radius 3 is 1.97 bits per heavy atom. The van der Waals surface area contributed by atoms with Crippen LogP contribution in [0.5, 0.6) is 5.75 Å². The van der Waals surface area contributed by atoms with Crippen LogP contribution < -0.4 is 9.64 Å². The fraction of sp³-hybridized carbons (Fsp3) is 0.636. The second-order valence-corrected chi connectivity index (χ2v) is 9.72. The maximum absolute atomic E-state index is 12.9. The van der Waals surface area contributed by atoms with Gasteiger partial charge < -0.3 is 24.1 Å². The number of carboxylic acid groups (broad SMARTS) is 1. The number of carbonyl (C=O) groups excluding carboxylic acids is 3. The van der Waals surface area contributed by atoms with Gasteiger partial charge in [0.15, 0.2) is 11.0 Å². The average Bonchev–Trinajstić information content (AvgIpc) is 2.70. The Hall–Kier alpha value is -3.35. The maximum Gasteiger partial charge on any atom is 0.425 e. The van der Waals surface area contributed by atoms with E-state index in [4.69, 9.17) is 30.5 Å². The van der Waals surface area contributed by atoms with Crippen LogP contribution >= 0.6 is 11.6 Å². The largest absolute Gasteiger partial charge is 0.485 e. The Bertz CT molecular complexity index is 916. The van der Waals surface area contributed by atoms with Crippen molar-refractivity contribution in [2.45, 2.75) is 72.5 Å². The number of halogens is 1. The van der Waals surface area contributed by atoms with Crippen LogP contribution in [-0.2, 0) is 14.2 Å². The number of imide groups is 2. The van der Waals surface area contributed by atoms with E-state index in [1.54, 1.807) is 41.5 Å². The molecule has 0 saturated heterocycles. The van der Waals surface area contributed by atoms with E-state index in [1.807, 2.05) is 6.92 Å². The standard InChI is InChI=1S/C22H33ClN4O9/c1-8-9-11-34-18(30)26(17(28)29)10-12-33-14-15(23)24-13-25-16(14)27(19(31)35-21(2,3)4)20(32)36-22(5,6)7/h13H,8-12H2,1-7H3,(H,28,29). The predicted molar refractivity (Wildman–Crippen MR) is 128 cm³/mol. The molecule has 0 saturated carbocycles. The topological polar surface area (TPSA) is 158 Å². The molecule has 0 atom stereocenters. The SMILES string of the molecule is CCCCOC(=O)N(CCOc1c(Cl)ncnc1N(C(=O)OC(C)(C)C)C(=O)OC(C)(C)C)C(=O)O. The molecule has 1 heterocycles. The minimum atomic E-state index is -1.56. The molecule has 4 amide bonds. The number of anilines is 1. The second-order valence-electron chi connectivity index (χ2n) is 9.36. The number of hydrogen-bond acceptors (Lipinski definition) is 10. The van der Waals surface area contributed by atoms with Gasteiger partial charge in [-0.05, 0) is 48.0 Å². The zero-order valence-electron chi connectivity index (χ0n) is 21.5. The summed E-state index contributed by atoms with van der Waals surface area (Å²) in [5.41, 5.74) is -1.95. The minimum absolute atomic E-state index is 0.0587. The number of ether oxygens (including phenoxy) is 4. The molecule has 1 N–H and O–H groups in total. The highest BCUT2D eigenvalue weighted by Gasteiger charge is 2.36. The molecule has 0 aliphatic heterocycles. The fourth-order valence-electron chi connectivity index (χ4n) is 2.38. The van der Waals surface area contributed by atoms with Crippen LogP contribution in [0.3, 0.4) is 0 Å². The third-order valence-corrected chi connectivity index (χ3v) is 4.11. The maximum atomic E-state index is 12.9. The van der Waals surface area contributed by atoms with Crippen LogP contribution in [-0.4, -0.2) is 75.3 Å². The third-order valence-electron chi connectivity index (χ3n) is 3.84.